The van der Waals surface area contributed by atoms with Gasteiger partial charge in [-0.15, -0.1) is 0 Å². The van der Waals surface area contributed by atoms with E-state index in [-0.39, 0.29) is 5.97 Å². The zero-order chi connectivity index (χ0) is 16.2. The van der Waals surface area contributed by atoms with E-state index in [1.807, 2.05) is 0 Å². The highest BCUT2D eigenvalue weighted by atomic mass is 16.5. The molecule has 1 heterocycles. The molecule has 3 rings (SSSR count). The molecule has 2 bridgehead atoms. The molecule has 1 saturated heterocycles. The average Bonchev–Trinajstić information content (AvgIpc) is 2.52. The van der Waals surface area contributed by atoms with Gasteiger partial charge in [0, 0.05) is 26.1 Å². The first-order valence-electron chi connectivity index (χ1n) is 9.57. The maximum atomic E-state index is 12.3. The van der Waals surface area contributed by atoms with Gasteiger partial charge in [-0.05, 0) is 55.3 Å². The summed E-state index contributed by atoms with van der Waals surface area (Å²) in [6, 6.07) is 0. The molecule has 3 fully saturated rings. The molecule has 0 radical (unpaired) electrons. The molecule has 3 aliphatic rings. The molecule has 4 heteroatoms. The summed E-state index contributed by atoms with van der Waals surface area (Å²) in [6.45, 7) is 9.62. The minimum absolute atomic E-state index is 0.0202. The Morgan fingerprint density at radius 2 is 1.91 bits per heavy atom. The fourth-order valence-corrected chi connectivity index (χ4v) is 5.24. The number of esters is 1. The molecule has 132 valence electrons. The summed E-state index contributed by atoms with van der Waals surface area (Å²) in [5.74, 6) is 3.74. The van der Waals surface area contributed by atoms with Crippen LogP contribution < -0.4 is 0 Å². The Hall–Kier alpha value is -0.610. The minimum Gasteiger partial charge on any atom is -0.464 e. The molecule has 0 aromatic rings. The summed E-state index contributed by atoms with van der Waals surface area (Å²) in [4.78, 5) is 14.6. The van der Waals surface area contributed by atoms with E-state index in [1.54, 1.807) is 0 Å². The maximum Gasteiger partial charge on any atom is 0.306 e. The molecule has 1 aliphatic heterocycles. The van der Waals surface area contributed by atoms with Gasteiger partial charge < -0.3 is 9.47 Å². The van der Waals surface area contributed by atoms with Crippen LogP contribution in [0.2, 0.25) is 0 Å². The molecule has 2 saturated carbocycles. The maximum absolute atomic E-state index is 12.3. The Morgan fingerprint density at radius 1 is 1.13 bits per heavy atom. The van der Waals surface area contributed by atoms with E-state index < -0.39 is 0 Å². The fourth-order valence-electron chi connectivity index (χ4n) is 5.24. The number of hydrogen-bond donors (Lipinski definition) is 0. The van der Waals surface area contributed by atoms with Gasteiger partial charge in [0.1, 0.15) is 6.61 Å². The van der Waals surface area contributed by atoms with E-state index in [9.17, 15) is 4.79 Å². The number of fused-ring (bicyclic) bond motifs is 2. The van der Waals surface area contributed by atoms with Gasteiger partial charge in [-0.3, -0.25) is 9.69 Å². The van der Waals surface area contributed by atoms with Crippen molar-refractivity contribution in [1.82, 2.24) is 4.90 Å². The lowest BCUT2D eigenvalue weighted by atomic mass is 9.59. The van der Waals surface area contributed by atoms with Gasteiger partial charge in [0.25, 0.3) is 0 Å². The number of ether oxygens (including phenoxy) is 2. The van der Waals surface area contributed by atoms with E-state index in [0.29, 0.717) is 24.9 Å². The summed E-state index contributed by atoms with van der Waals surface area (Å²) < 4.78 is 10.9. The topological polar surface area (TPSA) is 38.8 Å². The number of carbonyl (C=O) groups is 1. The standard InChI is InChI=1S/C19H33NO3/c1-14-9-16-11-15(2)18(17(10-14)12-16)13-19(21)23-8-5-20-3-6-22-7-4-20/h14-18H,3-13H2,1-2H3. The summed E-state index contributed by atoms with van der Waals surface area (Å²) in [5, 5.41) is 0. The van der Waals surface area contributed by atoms with Gasteiger partial charge in [0.15, 0.2) is 0 Å². The third-order valence-corrected chi connectivity index (χ3v) is 6.30. The van der Waals surface area contributed by atoms with Crippen molar-refractivity contribution in [3.63, 3.8) is 0 Å². The van der Waals surface area contributed by atoms with E-state index in [4.69, 9.17) is 9.47 Å². The lowest BCUT2D eigenvalue weighted by Crippen LogP contribution is -2.39. The molecule has 0 aromatic carbocycles. The molecule has 23 heavy (non-hydrogen) atoms. The van der Waals surface area contributed by atoms with Crippen LogP contribution in [0.25, 0.3) is 0 Å². The number of morpholine rings is 1. The van der Waals surface area contributed by atoms with Crippen molar-refractivity contribution in [1.29, 1.82) is 0 Å². The monoisotopic (exact) mass is 323 g/mol. The van der Waals surface area contributed by atoms with Crippen LogP contribution in [0.5, 0.6) is 0 Å². The van der Waals surface area contributed by atoms with Crippen molar-refractivity contribution >= 4 is 5.97 Å². The van der Waals surface area contributed by atoms with Gasteiger partial charge in [0.05, 0.1) is 13.2 Å². The zero-order valence-electron chi connectivity index (χ0n) is 14.8. The van der Waals surface area contributed by atoms with Crippen LogP contribution in [-0.4, -0.2) is 50.3 Å². The van der Waals surface area contributed by atoms with Crippen LogP contribution in [0.4, 0.5) is 0 Å². The Balaban J connectivity index is 1.41. The quantitative estimate of drug-likeness (QED) is 0.729. The SMILES string of the molecule is CC1CC2CC(C)C(CC(=O)OCCN3CCOCC3)C(C1)C2. The molecule has 0 spiro atoms. The smallest absolute Gasteiger partial charge is 0.306 e. The summed E-state index contributed by atoms with van der Waals surface area (Å²) >= 11 is 0. The summed E-state index contributed by atoms with van der Waals surface area (Å²) in [6.07, 6.45) is 6.01. The van der Waals surface area contributed by atoms with Crippen LogP contribution in [0.15, 0.2) is 0 Å². The molecule has 5 atom stereocenters. The Bertz CT molecular complexity index is 390. The van der Waals surface area contributed by atoms with E-state index in [0.717, 1.165) is 50.6 Å². The van der Waals surface area contributed by atoms with E-state index >= 15 is 0 Å². The van der Waals surface area contributed by atoms with Gasteiger partial charge >= 0.3 is 5.97 Å². The van der Waals surface area contributed by atoms with Crippen LogP contribution in [0.1, 0.15) is 46.0 Å². The molecule has 0 N–H and O–H groups in total. The lowest BCUT2D eigenvalue weighted by molar-refractivity contribution is -0.147. The van der Waals surface area contributed by atoms with Crippen LogP contribution >= 0.6 is 0 Å². The second kappa shape index (κ2) is 7.98. The third-order valence-electron chi connectivity index (χ3n) is 6.30. The first-order chi connectivity index (χ1) is 11.1. The van der Waals surface area contributed by atoms with Gasteiger partial charge in [-0.2, -0.15) is 0 Å². The summed E-state index contributed by atoms with van der Waals surface area (Å²) in [7, 11) is 0. The number of nitrogens with zero attached hydrogens (tertiary/aromatic N) is 1. The molecule has 5 unspecified atom stereocenters. The highest BCUT2D eigenvalue weighted by Gasteiger charge is 2.40. The molecule has 4 nitrogen and oxygen atoms in total. The second-order valence-corrected chi connectivity index (χ2v) is 8.19. The number of rotatable bonds is 5. The second-order valence-electron chi connectivity index (χ2n) is 8.19. The van der Waals surface area contributed by atoms with Crippen molar-refractivity contribution in [3.8, 4) is 0 Å². The molecule has 2 aliphatic carbocycles. The van der Waals surface area contributed by atoms with Crippen molar-refractivity contribution in [2.45, 2.75) is 46.0 Å². The Labute approximate surface area is 140 Å². The number of hydrogen-bond acceptors (Lipinski definition) is 4. The van der Waals surface area contributed by atoms with Crippen LogP contribution in [0, 0.1) is 29.6 Å². The van der Waals surface area contributed by atoms with Gasteiger partial charge in [-0.1, -0.05) is 13.8 Å². The molecular weight excluding hydrogens is 290 g/mol. The lowest BCUT2D eigenvalue weighted by Gasteiger charge is -2.46. The first kappa shape index (κ1) is 17.2. The largest absolute Gasteiger partial charge is 0.464 e. The Morgan fingerprint density at radius 3 is 2.70 bits per heavy atom. The predicted molar refractivity (Wildman–Crippen MR) is 90.1 cm³/mol. The van der Waals surface area contributed by atoms with Crippen LogP contribution in [-0.2, 0) is 14.3 Å². The predicted octanol–water partition coefficient (Wildman–Crippen LogP) is 2.96. The Kier molecular flexibility index (Phi) is 5.97. The van der Waals surface area contributed by atoms with Gasteiger partial charge in [0.2, 0.25) is 0 Å². The van der Waals surface area contributed by atoms with Crippen molar-refractivity contribution < 1.29 is 14.3 Å². The van der Waals surface area contributed by atoms with Crippen LogP contribution in [0.3, 0.4) is 0 Å². The minimum atomic E-state index is 0.0202. The molecular formula is C19H33NO3. The molecule has 0 amide bonds. The highest BCUT2D eigenvalue weighted by Crippen LogP contribution is 2.49. The highest BCUT2D eigenvalue weighted by molar-refractivity contribution is 5.69. The van der Waals surface area contributed by atoms with Crippen molar-refractivity contribution in [2.75, 3.05) is 39.5 Å². The summed E-state index contributed by atoms with van der Waals surface area (Å²) in [5.41, 5.74) is 0. The van der Waals surface area contributed by atoms with Gasteiger partial charge in [-0.25, -0.2) is 0 Å². The zero-order valence-corrected chi connectivity index (χ0v) is 14.8. The van der Waals surface area contributed by atoms with Crippen molar-refractivity contribution in [2.24, 2.45) is 29.6 Å². The third kappa shape index (κ3) is 4.69. The normalized spacial score (nSPS) is 38.3. The average molecular weight is 323 g/mol. The fraction of sp³-hybridized carbons (Fsp3) is 0.947. The first-order valence-corrected chi connectivity index (χ1v) is 9.57. The number of carbonyl (C=O) groups excluding carboxylic acids is 1. The van der Waals surface area contributed by atoms with Crippen molar-refractivity contribution in [3.05, 3.63) is 0 Å². The van der Waals surface area contributed by atoms with E-state index in [1.165, 1.54) is 25.7 Å². The van der Waals surface area contributed by atoms with E-state index in [2.05, 4.69) is 18.7 Å². The molecule has 0 aromatic heterocycles.